The first kappa shape index (κ1) is 32.7. The summed E-state index contributed by atoms with van der Waals surface area (Å²) in [5, 5.41) is 5.08. The highest BCUT2D eigenvalue weighted by Gasteiger charge is 2.27. The van der Waals surface area contributed by atoms with E-state index in [-0.39, 0.29) is 0 Å². The van der Waals surface area contributed by atoms with Gasteiger partial charge in [0.15, 0.2) is 0 Å². The lowest BCUT2D eigenvalue weighted by atomic mass is 10.0. The molecular formula is C52H36N2S. The third kappa shape index (κ3) is 6.01. The molecule has 0 atom stereocenters. The topological polar surface area (TPSA) is 6.48 Å². The van der Waals surface area contributed by atoms with Gasteiger partial charge in [-0.1, -0.05) is 158 Å². The Bertz CT molecular complexity index is 2920. The van der Waals surface area contributed by atoms with Crippen LogP contribution in [0.25, 0.3) is 53.2 Å². The predicted octanol–water partition coefficient (Wildman–Crippen LogP) is 15.5. The highest BCUT2D eigenvalue weighted by Crippen LogP contribution is 2.53. The van der Waals surface area contributed by atoms with Gasteiger partial charge < -0.3 is 9.80 Å². The van der Waals surface area contributed by atoms with E-state index in [2.05, 4.69) is 228 Å². The molecule has 0 saturated carbocycles. The maximum absolute atomic E-state index is 2.47. The Hall–Kier alpha value is -6.94. The maximum atomic E-state index is 2.47. The van der Waals surface area contributed by atoms with Crippen molar-refractivity contribution in [3.8, 4) is 22.3 Å². The molecule has 0 aliphatic carbocycles. The second-order valence-electron chi connectivity index (χ2n) is 13.7. The molecule has 2 nitrogen and oxygen atoms in total. The van der Waals surface area contributed by atoms with Gasteiger partial charge in [-0.2, -0.15) is 0 Å². The summed E-state index contributed by atoms with van der Waals surface area (Å²) in [5.41, 5.74) is 11.3. The molecule has 0 unspecified atom stereocenters. The van der Waals surface area contributed by atoms with Crippen LogP contribution in [-0.2, 0) is 0 Å². The molecule has 0 bridgehead atoms. The minimum Gasteiger partial charge on any atom is -0.308 e. The Labute approximate surface area is 325 Å². The highest BCUT2D eigenvalue weighted by molar-refractivity contribution is 7.26. The van der Waals surface area contributed by atoms with E-state index < -0.39 is 0 Å². The number of anilines is 6. The van der Waals surface area contributed by atoms with Gasteiger partial charge in [-0.05, 0) is 93.7 Å². The van der Waals surface area contributed by atoms with Crippen LogP contribution in [0.4, 0.5) is 34.1 Å². The van der Waals surface area contributed by atoms with Crippen LogP contribution in [0.3, 0.4) is 0 Å². The zero-order valence-electron chi connectivity index (χ0n) is 30.1. The van der Waals surface area contributed by atoms with Crippen LogP contribution in [-0.4, -0.2) is 0 Å². The van der Waals surface area contributed by atoms with Crippen LogP contribution in [0.5, 0.6) is 0 Å². The number of nitrogens with zero attached hydrogens (tertiary/aromatic N) is 2. The lowest BCUT2D eigenvalue weighted by molar-refractivity contribution is 1.24. The van der Waals surface area contributed by atoms with E-state index in [0.717, 1.165) is 34.1 Å². The van der Waals surface area contributed by atoms with Gasteiger partial charge in [-0.3, -0.25) is 0 Å². The Kier molecular flexibility index (Phi) is 8.40. The summed E-state index contributed by atoms with van der Waals surface area (Å²) in [4.78, 5) is 4.90. The first-order valence-corrected chi connectivity index (χ1v) is 19.5. The molecule has 9 aromatic carbocycles. The standard InChI is InChI=1S/C52H36N2S/c1-5-17-37(18-6-1)40-22-15-28-44(35-40)53(42-24-9-3-10-25-42)48-33-32-47-50-46-30-14-13-21-39(46)31-34-49(50)55-52(47)51(48)54(43-26-11-4-12-27-43)45-29-16-23-41(36-45)38-19-7-2-8-20-38/h1-36H. The third-order valence-electron chi connectivity index (χ3n) is 10.4. The minimum atomic E-state index is 1.09. The van der Waals surface area contributed by atoms with Crippen molar-refractivity contribution in [2.75, 3.05) is 9.80 Å². The fourth-order valence-corrected chi connectivity index (χ4v) is 9.13. The molecule has 55 heavy (non-hydrogen) atoms. The lowest BCUT2D eigenvalue weighted by Crippen LogP contribution is -2.17. The molecule has 0 fully saturated rings. The van der Waals surface area contributed by atoms with E-state index in [9.17, 15) is 0 Å². The van der Waals surface area contributed by atoms with Crippen molar-refractivity contribution < 1.29 is 0 Å². The van der Waals surface area contributed by atoms with E-state index in [4.69, 9.17) is 0 Å². The summed E-state index contributed by atoms with van der Waals surface area (Å²) in [5.74, 6) is 0. The van der Waals surface area contributed by atoms with Gasteiger partial charge in [0.05, 0.1) is 16.1 Å². The zero-order valence-corrected chi connectivity index (χ0v) is 30.9. The van der Waals surface area contributed by atoms with Crippen LogP contribution < -0.4 is 9.80 Å². The van der Waals surface area contributed by atoms with Gasteiger partial charge >= 0.3 is 0 Å². The Morgan fingerprint density at radius 2 is 0.818 bits per heavy atom. The molecule has 260 valence electrons. The van der Waals surface area contributed by atoms with E-state index in [1.54, 1.807) is 0 Å². The zero-order chi connectivity index (χ0) is 36.6. The van der Waals surface area contributed by atoms with Crippen LogP contribution in [0.2, 0.25) is 0 Å². The van der Waals surface area contributed by atoms with Crippen molar-refractivity contribution in [2.24, 2.45) is 0 Å². The molecule has 0 amide bonds. The van der Waals surface area contributed by atoms with Gasteiger partial charge in [0, 0.05) is 38.2 Å². The number of thiophene rings is 1. The van der Waals surface area contributed by atoms with Gasteiger partial charge in [0.2, 0.25) is 0 Å². The third-order valence-corrected chi connectivity index (χ3v) is 11.6. The predicted molar refractivity (Wildman–Crippen MR) is 237 cm³/mol. The van der Waals surface area contributed by atoms with Crippen LogP contribution in [0.1, 0.15) is 0 Å². The molecule has 1 aromatic heterocycles. The summed E-state index contributed by atoms with van der Waals surface area (Å²) in [7, 11) is 0. The maximum Gasteiger partial charge on any atom is 0.0883 e. The number of fused-ring (bicyclic) bond motifs is 5. The van der Waals surface area contributed by atoms with Crippen molar-refractivity contribution in [2.45, 2.75) is 0 Å². The monoisotopic (exact) mass is 720 g/mol. The second kappa shape index (κ2) is 14.1. The Morgan fingerprint density at radius 3 is 1.44 bits per heavy atom. The van der Waals surface area contributed by atoms with Gasteiger partial charge in [0.1, 0.15) is 0 Å². The SMILES string of the molecule is c1ccc(-c2cccc(N(c3ccccc3)c3ccc4c(sc5ccc6ccccc6c54)c3N(c3ccccc3)c3cccc(-c4ccccc4)c3)c2)cc1. The van der Waals surface area contributed by atoms with Crippen molar-refractivity contribution in [1.29, 1.82) is 0 Å². The lowest BCUT2D eigenvalue weighted by Gasteiger charge is -2.34. The van der Waals surface area contributed by atoms with Crippen molar-refractivity contribution >= 4 is 76.4 Å². The number of hydrogen-bond acceptors (Lipinski definition) is 3. The van der Waals surface area contributed by atoms with Crippen molar-refractivity contribution in [3.63, 3.8) is 0 Å². The van der Waals surface area contributed by atoms with E-state index in [1.165, 1.54) is 53.2 Å². The molecule has 0 aliphatic heterocycles. The molecule has 0 spiro atoms. The average molecular weight is 721 g/mol. The smallest absolute Gasteiger partial charge is 0.0883 e. The fourth-order valence-electron chi connectivity index (χ4n) is 7.88. The van der Waals surface area contributed by atoms with Crippen LogP contribution in [0.15, 0.2) is 218 Å². The molecule has 0 saturated heterocycles. The second-order valence-corrected chi connectivity index (χ2v) is 14.8. The van der Waals surface area contributed by atoms with E-state index in [0.29, 0.717) is 0 Å². The summed E-state index contributed by atoms with van der Waals surface area (Å²) in [6.07, 6.45) is 0. The number of para-hydroxylation sites is 2. The Balaban J connectivity index is 1.31. The summed E-state index contributed by atoms with van der Waals surface area (Å²) in [6.45, 7) is 0. The number of rotatable bonds is 8. The first-order valence-electron chi connectivity index (χ1n) is 18.7. The molecule has 0 N–H and O–H groups in total. The molecule has 10 rings (SSSR count). The van der Waals surface area contributed by atoms with Gasteiger partial charge in [0.25, 0.3) is 0 Å². The summed E-state index contributed by atoms with van der Waals surface area (Å²) < 4.78 is 2.51. The van der Waals surface area contributed by atoms with Crippen molar-refractivity contribution in [3.05, 3.63) is 218 Å². The quantitative estimate of drug-likeness (QED) is 0.154. The molecule has 0 aliphatic rings. The molecule has 3 heteroatoms. The van der Waals surface area contributed by atoms with Crippen LogP contribution in [0, 0.1) is 0 Å². The molecule has 0 radical (unpaired) electrons. The first-order chi connectivity index (χ1) is 27.3. The number of benzene rings is 9. The highest BCUT2D eigenvalue weighted by atomic mass is 32.1. The molecule has 1 heterocycles. The van der Waals surface area contributed by atoms with Gasteiger partial charge in [-0.15, -0.1) is 11.3 Å². The molecular weight excluding hydrogens is 685 g/mol. The normalized spacial score (nSPS) is 11.3. The number of hydrogen-bond donors (Lipinski definition) is 0. The van der Waals surface area contributed by atoms with E-state index >= 15 is 0 Å². The average Bonchev–Trinajstić information content (AvgIpc) is 3.66. The largest absolute Gasteiger partial charge is 0.308 e. The van der Waals surface area contributed by atoms with Gasteiger partial charge in [-0.25, -0.2) is 0 Å². The summed E-state index contributed by atoms with van der Waals surface area (Å²) >= 11 is 1.88. The molecule has 10 aromatic rings. The van der Waals surface area contributed by atoms with Crippen molar-refractivity contribution in [1.82, 2.24) is 0 Å². The van der Waals surface area contributed by atoms with Crippen LogP contribution >= 0.6 is 11.3 Å². The minimum absolute atomic E-state index is 1.09. The summed E-state index contributed by atoms with van der Waals surface area (Å²) in [6, 6.07) is 78.8. The van der Waals surface area contributed by atoms with E-state index in [1.807, 2.05) is 11.3 Å². The fraction of sp³-hybridized carbons (Fsp3) is 0. The Morgan fingerprint density at radius 1 is 0.327 bits per heavy atom.